The Morgan fingerprint density at radius 1 is 0.732 bits per heavy atom. The van der Waals surface area contributed by atoms with Crippen molar-refractivity contribution in [3.63, 3.8) is 0 Å². The van der Waals surface area contributed by atoms with Gasteiger partial charge in [-0.15, -0.1) is 12.4 Å². The van der Waals surface area contributed by atoms with E-state index in [1.165, 1.54) is 38.4 Å². The van der Waals surface area contributed by atoms with Crippen molar-refractivity contribution in [2.75, 3.05) is 19.6 Å². The third-order valence-corrected chi connectivity index (χ3v) is 6.77. The molecule has 0 bridgehead atoms. The summed E-state index contributed by atoms with van der Waals surface area (Å²) in [5.74, 6) is -1.46. The molecule has 0 amide bonds. The molecular weight excluding hydrogens is 542 g/mol. The molecule has 0 atom stereocenters. The van der Waals surface area contributed by atoms with Crippen LogP contribution in [0.3, 0.4) is 0 Å². The fourth-order valence-electron chi connectivity index (χ4n) is 4.53. The van der Waals surface area contributed by atoms with Crippen LogP contribution in [0.25, 0.3) is 10.8 Å². The zero-order valence-corrected chi connectivity index (χ0v) is 24.2. The number of hydrogen-bond donors (Lipinski definition) is 4. The van der Waals surface area contributed by atoms with Crippen LogP contribution in [0.5, 0.6) is 11.5 Å². The Kier molecular flexibility index (Phi) is 13.1. The summed E-state index contributed by atoms with van der Waals surface area (Å²) in [4.78, 5) is 23.1. The van der Waals surface area contributed by atoms with E-state index in [9.17, 15) is 19.8 Å². The Morgan fingerprint density at radius 3 is 1.73 bits per heavy atom. The van der Waals surface area contributed by atoms with Gasteiger partial charge in [-0.1, -0.05) is 60.0 Å². The van der Waals surface area contributed by atoms with Gasteiger partial charge in [0.25, 0.3) is 0 Å². The third-order valence-electron chi connectivity index (χ3n) is 6.77. The molecule has 0 aromatic heterocycles. The lowest BCUT2D eigenvalue weighted by molar-refractivity contribution is 0.0686. The average Bonchev–Trinajstić information content (AvgIpc) is 2.93. The Balaban J connectivity index is 0.000000237. The molecule has 4 aromatic carbocycles. The van der Waals surface area contributed by atoms with Crippen LogP contribution in [0.2, 0.25) is 0 Å². The summed E-state index contributed by atoms with van der Waals surface area (Å²) in [5, 5.41) is 38.4. The standard InChI is InChI=1S/C17H21NO2.2C8H8O2.ClH/c19-15-11-14-6-4-5-13(17(14)16(20)12-15)7-10-18-8-2-1-3-9-18;2*1-6-2-4-7(5-3-6)8(9)10;/h4-6,11-12,19-20H,1-3,7-10H2;2*2-5H,1H3,(H,9,10);1H. The van der Waals surface area contributed by atoms with Gasteiger partial charge in [0, 0.05) is 18.0 Å². The predicted octanol–water partition coefficient (Wildman–Crippen LogP) is 7.09. The average molecular weight is 580 g/mol. The van der Waals surface area contributed by atoms with Gasteiger partial charge in [0.1, 0.15) is 11.5 Å². The van der Waals surface area contributed by atoms with Gasteiger partial charge in [-0.3, -0.25) is 0 Å². The van der Waals surface area contributed by atoms with Crippen molar-refractivity contribution in [1.82, 2.24) is 4.90 Å². The Morgan fingerprint density at radius 2 is 1.24 bits per heavy atom. The number of aromatic hydroxyl groups is 2. The van der Waals surface area contributed by atoms with Crippen LogP contribution in [0, 0.1) is 13.8 Å². The van der Waals surface area contributed by atoms with Gasteiger partial charge in [0.2, 0.25) is 0 Å². The molecule has 0 radical (unpaired) electrons. The Bertz CT molecular complexity index is 1360. The van der Waals surface area contributed by atoms with E-state index < -0.39 is 11.9 Å². The molecule has 0 saturated carbocycles. The zero-order valence-electron chi connectivity index (χ0n) is 23.4. The van der Waals surface area contributed by atoms with E-state index in [0.29, 0.717) is 11.1 Å². The highest BCUT2D eigenvalue weighted by atomic mass is 35.5. The van der Waals surface area contributed by atoms with E-state index >= 15 is 0 Å². The van der Waals surface area contributed by atoms with E-state index in [0.717, 1.165) is 40.4 Å². The first-order chi connectivity index (χ1) is 19.1. The van der Waals surface area contributed by atoms with Gasteiger partial charge in [-0.2, -0.15) is 0 Å². The van der Waals surface area contributed by atoms with Crippen LogP contribution in [0.15, 0.2) is 78.9 Å². The van der Waals surface area contributed by atoms with Crippen molar-refractivity contribution in [3.8, 4) is 11.5 Å². The van der Waals surface area contributed by atoms with Crippen molar-refractivity contribution in [1.29, 1.82) is 0 Å². The highest BCUT2D eigenvalue weighted by Crippen LogP contribution is 2.32. The smallest absolute Gasteiger partial charge is 0.335 e. The van der Waals surface area contributed by atoms with Gasteiger partial charge in [0.15, 0.2) is 0 Å². The van der Waals surface area contributed by atoms with Crippen molar-refractivity contribution < 1.29 is 30.0 Å². The molecule has 5 rings (SSSR count). The quantitative estimate of drug-likeness (QED) is 0.199. The SMILES string of the molecule is Cc1ccc(C(=O)O)cc1.Cc1ccc(C(=O)O)cc1.Cl.Oc1cc(O)c2c(CCN3CCCCC3)cccc2c1. The number of carbonyl (C=O) groups is 2. The molecule has 0 unspecified atom stereocenters. The first-order valence-corrected chi connectivity index (χ1v) is 13.4. The number of benzene rings is 4. The lowest BCUT2D eigenvalue weighted by atomic mass is 10.0. The molecule has 218 valence electrons. The minimum atomic E-state index is -0.875. The van der Waals surface area contributed by atoms with Crippen LogP contribution in [-0.4, -0.2) is 56.9 Å². The maximum Gasteiger partial charge on any atom is 0.335 e. The molecule has 1 heterocycles. The summed E-state index contributed by atoms with van der Waals surface area (Å²) < 4.78 is 0. The first kappa shape index (κ1) is 33.1. The number of aryl methyl sites for hydroxylation is 2. The van der Waals surface area contributed by atoms with Gasteiger partial charge in [0.05, 0.1) is 11.1 Å². The first-order valence-electron chi connectivity index (χ1n) is 13.4. The maximum absolute atomic E-state index is 10.3. The summed E-state index contributed by atoms with van der Waals surface area (Å²) in [6.45, 7) is 7.27. The number of phenolic OH excluding ortho intramolecular Hbond substituents is 2. The minimum Gasteiger partial charge on any atom is -0.508 e. The number of fused-ring (bicyclic) bond motifs is 1. The van der Waals surface area contributed by atoms with E-state index in [1.807, 2.05) is 26.0 Å². The molecule has 1 aliphatic heterocycles. The molecule has 0 aliphatic carbocycles. The lowest BCUT2D eigenvalue weighted by Crippen LogP contribution is -2.31. The highest BCUT2D eigenvalue weighted by molar-refractivity contribution is 5.92. The third kappa shape index (κ3) is 10.4. The molecule has 1 saturated heterocycles. The largest absolute Gasteiger partial charge is 0.508 e. The van der Waals surface area contributed by atoms with Crippen molar-refractivity contribution in [2.45, 2.75) is 39.5 Å². The second-order valence-corrected chi connectivity index (χ2v) is 9.97. The topological polar surface area (TPSA) is 118 Å². The summed E-state index contributed by atoms with van der Waals surface area (Å²) in [7, 11) is 0. The molecule has 4 aromatic rings. The summed E-state index contributed by atoms with van der Waals surface area (Å²) in [6.07, 6.45) is 4.89. The van der Waals surface area contributed by atoms with E-state index in [-0.39, 0.29) is 23.9 Å². The molecule has 1 fully saturated rings. The number of likely N-dealkylation sites (tertiary alicyclic amines) is 1. The number of hydrogen-bond acceptors (Lipinski definition) is 5. The second kappa shape index (κ2) is 16.3. The molecule has 8 heteroatoms. The molecular formula is C33H38ClNO6. The summed E-state index contributed by atoms with van der Waals surface area (Å²) >= 11 is 0. The number of phenols is 2. The van der Waals surface area contributed by atoms with Crippen LogP contribution < -0.4 is 0 Å². The fourth-order valence-corrected chi connectivity index (χ4v) is 4.53. The van der Waals surface area contributed by atoms with Crippen LogP contribution in [-0.2, 0) is 6.42 Å². The maximum atomic E-state index is 10.3. The van der Waals surface area contributed by atoms with Gasteiger partial charge in [-0.05, 0) is 87.5 Å². The zero-order chi connectivity index (χ0) is 29.1. The van der Waals surface area contributed by atoms with Crippen molar-refractivity contribution >= 4 is 35.1 Å². The number of rotatable bonds is 5. The van der Waals surface area contributed by atoms with Crippen LogP contribution in [0.1, 0.15) is 56.7 Å². The molecule has 4 N–H and O–H groups in total. The van der Waals surface area contributed by atoms with E-state index in [2.05, 4.69) is 11.0 Å². The molecule has 0 spiro atoms. The Labute approximate surface area is 247 Å². The van der Waals surface area contributed by atoms with E-state index in [4.69, 9.17) is 10.2 Å². The number of piperidine rings is 1. The lowest BCUT2D eigenvalue weighted by Gasteiger charge is -2.26. The van der Waals surface area contributed by atoms with Crippen LogP contribution in [0.4, 0.5) is 0 Å². The fraction of sp³-hybridized carbons (Fsp3) is 0.273. The minimum absolute atomic E-state index is 0. The number of nitrogens with zero attached hydrogens (tertiary/aromatic N) is 1. The van der Waals surface area contributed by atoms with Gasteiger partial charge < -0.3 is 25.3 Å². The van der Waals surface area contributed by atoms with Crippen molar-refractivity contribution in [2.24, 2.45) is 0 Å². The monoisotopic (exact) mass is 579 g/mol. The summed E-state index contributed by atoms with van der Waals surface area (Å²) in [6, 6.07) is 22.6. The van der Waals surface area contributed by atoms with Gasteiger partial charge >= 0.3 is 11.9 Å². The molecule has 1 aliphatic rings. The predicted molar refractivity (Wildman–Crippen MR) is 165 cm³/mol. The number of aromatic carboxylic acids is 2. The van der Waals surface area contributed by atoms with Crippen LogP contribution >= 0.6 is 12.4 Å². The van der Waals surface area contributed by atoms with Crippen molar-refractivity contribution in [3.05, 3.63) is 107 Å². The number of carboxylic acid groups (broad SMARTS) is 2. The normalized spacial score (nSPS) is 12.6. The molecule has 7 nitrogen and oxygen atoms in total. The molecule has 41 heavy (non-hydrogen) atoms. The Hall–Kier alpha value is -4.07. The van der Waals surface area contributed by atoms with E-state index in [1.54, 1.807) is 54.6 Å². The summed E-state index contributed by atoms with van der Waals surface area (Å²) in [5.41, 5.74) is 3.98. The number of halogens is 1. The second-order valence-electron chi connectivity index (χ2n) is 9.97. The van der Waals surface area contributed by atoms with Gasteiger partial charge in [-0.25, -0.2) is 9.59 Å². The highest BCUT2D eigenvalue weighted by Gasteiger charge is 2.12. The number of carboxylic acids is 2.